The van der Waals surface area contributed by atoms with Crippen molar-refractivity contribution in [2.75, 3.05) is 11.9 Å². The van der Waals surface area contributed by atoms with Gasteiger partial charge in [-0.05, 0) is 24.6 Å². The molecule has 0 saturated carbocycles. The highest BCUT2D eigenvalue weighted by atomic mass is 19.2. The van der Waals surface area contributed by atoms with E-state index in [0.29, 0.717) is 17.7 Å². The van der Waals surface area contributed by atoms with Gasteiger partial charge in [-0.1, -0.05) is 12.1 Å². The topological polar surface area (TPSA) is 54.0 Å². The van der Waals surface area contributed by atoms with Crippen LogP contribution in [0.2, 0.25) is 0 Å². The number of benzene rings is 1. The summed E-state index contributed by atoms with van der Waals surface area (Å²) in [6.07, 6.45) is 0. The van der Waals surface area contributed by atoms with Gasteiger partial charge in [0, 0.05) is 18.7 Å². The van der Waals surface area contributed by atoms with Crippen molar-refractivity contribution in [1.29, 1.82) is 0 Å². The van der Waals surface area contributed by atoms with Gasteiger partial charge in [-0.3, -0.25) is 4.79 Å². The van der Waals surface area contributed by atoms with Gasteiger partial charge < -0.3 is 10.6 Å². The van der Waals surface area contributed by atoms with Crippen LogP contribution in [0.15, 0.2) is 24.3 Å². The van der Waals surface area contributed by atoms with Crippen molar-refractivity contribution in [3.63, 3.8) is 0 Å². The number of nitrogens with zero attached hydrogens (tertiary/aromatic N) is 1. The van der Waals surface area contributed by atoms with Crippen LogP contribution in [0.3, 0.4) is 0 Å². The molecule has 0 radical (unpaired) electrons. The number of carbonyl (C=O) groups excluding carboxylic acids is 1. The minimum absolute atomic E-state index is 0.0909. The zero-order chi connectivity index (χ0) is 17.0. The lowest BCUT2D eigenvalue weighted by atomic mass is 10.1. The maximum atomic E-state index is 13.4. The van der Waals surface area contributed by atoms with Gasteiger partial charge in [0.2, 0.25) is 11.6 Å². The predicted molar refractivity (Wildman–Crippen MR) is 75.8 cm³/mol. The average Bonchev–Trinajstić information content (AvgIpc) is 2.54. The van der Waals surface area contributed by atoms with Crippen molar-refractivity contribution in [3.05, 3.63) is 58.9 Å². The van der Waals surface area contributed by atoms with E-state index >= 15 is 0 Å². The van der Waals surface area contributed by atoms with E-state index in [1.807, 2.05) is 0 Å². The molecule has 1 heterocycles. The number of hydrogen-bond donors (Lipinski definition) is 2. The summed E-state index contributed by atoms with van der Waals surface area (Å²) in [5.74, 6) is -6.89. The molecule has 0 aliphatic rings. The van der Waals surface area contributed by atoms with Crippen molar-refractivity contribution in [1.82, 2.24) is 10.3 Å². The molecule has 1 amide bonds. The fourth-order valence-electron chi connectivity index (χ4n) is 1.87. The molecule has 0 aliphatic carbocycles. The molecule has 0 spiro atoms. The second-order valence-corrected chi connectivity index (χ2v) is 4.61. The third kappa shape index (κ3) is 3.77. The average molecular weight is 327 g/mol. The second kappa shape index (κ2) is 7.08. The number of pyridine rings is 1. The molecule has 8 heteroatoms. The summed E-state index contributed by atoms with van der Waals surface area (Å²) in [6.45, 7) is 2.18. The van der Waals surface area contributed by atoms with Crippen molar-refractivity contribution >= 4 is 11.6 Å². The van der Waals surface area contributed by atoms with Crippen LogP contribution in [-0.2, 0) is 6.54 Å². The van der Waals surface area contributed by atoms with Gasteiger partial charge in [0.05, 0.1) is 0 Å². The molecule has 122 valence electrons. The lowest BCUT2D eigenvalue weighted by Gasteiger charge is -2.10. The highest BCUT2D eigenvalue weighted by Crippen LogP contribution is 2.22. The molecular formula is C15H13F4N3O. The molecule has 1 aromatic heterocycles. The van der Waals surface area contributed by atoms with Crippen LogP contribution in [0.4, 0.5) is 23.2 Å². The van der Waals surface area contributed by atoms with E-state index in [0.717, 1.165) is 0 Å². The first-order valence-corrected chi connectivity index (χ1v) is 6.75. The van der Waals surface area contributed by atoms with Crippen molar-refractivity contribution in [2.24, 2.45) is 0 Å². The summed E-state index contributed by atoms with van der Waals surface area (Å²) in [5.41, 5.74) is 0.0613. The highest BCUT2D eigenvalue weighted by molar-refractivity contribution is 5.94. The molecular weight excluding hydrogens is 314 g/mol. The minimum atomic E-state index is -1.72. The molecule has 4 nitrogen and oxygen atoms in total. The Morgan fingerprint density at radius 2 is 1.61 bits per heavy atom. The van der Waals surface area contributed by atoms with E-state index in [4.69, 9.17) is 0 Å². The number of carbonyl (C=O) groups is 1. The van der Waals surface area contributed by atoms with E-state index in [1.165, 1.54) is 12.1 Å². The summed E-state index contributed by atoms with van der Waals surface area (Å²) < 4.78 is 52.8. The van der Waals surface area contributed by atoms with Crippen LogP contribution in [0.1, 0.15) is 22.8 Å². The van der Waals surface area contributed by atoms with E-state index < -0.39 is 29.2 Å². The molecule has 0 unspecified atom stereocenters. The molecule has 0 bridgehead atoms. The highest BCUT2D eigenvalue weighted by Gasteiger charge is 2.20. The molecule has 1 aromatic carbocycles. The summed E-state index contributed by atoms with van der Waals surface area (Å²) >= 11 is 0. The Bertz CT molecular complexity index is 693. The zero-order valence-electron chi connectivity index (χ0n) is 12.1. The quantitative estimate of drug-likeness (QED) is 0.656. The Morgan fingerprint density at radius 1 is 1.04 bits per heavy atom. The number of halogens is 4. The third-order valence-corrected chi connectivity index (χ3v) is 3.02. The Kier molecular flexibility index (Phi) is 5.15. The van der Waals surface area contributed by atoms with E-state index in [-0.39, 0.29) is 12.5 Å². The third-order valence-electron chi connectivity index (χ3n) is 3.02. The first-order valence-electron chi connectivity index (χ1n) is 6.75. The summed E-state index contributed by atoms with van der Waals surface area (Å²) in [6, 6.07) is 6.17. The fraction of sp³-hybridized carbons (Fsp3) is 0.200. The monoisotopic (exact) mass is 327 g/mol. The number of rotatable bonds is 5. The first-order chi connectivity index (χ1) is 10.9. The molecule has 0 saturated heterocycles. The first kappa shape index (κ1) is 16.7. The molecule has 2 aromatic rings. The van der Waals surface area contributed by atoms with Gasteiger partial charge in [0.25, 0.3) is 17.8 Å². The largest absolute Gasteiger partial charge is 0.376 e. The van der Waals surface area contributed by atoms with Crippen LogP contribution in [0.25, 0.3) is 0 Å². The SMILES string of the molecule is CCNC(=O)c1ccc(CNc2c(F)c(F)nc(F)c2F)cc1. The zero-order valence-corrected chi connectivity index (χ0v) is 12.1. The molecule has 23 heavy (non-hydrogen) atoms. The van der Waals surface area contributed by atoms with E-state index in [9.17, 15) is 22.4 Å². The van der Waals surface area contributed by atoms with Gasteiger partial charge in [-0.15, -0.1) is 0 Å². The Hall–Kier alpha value is -2.64. The van der Waals surface area contributed by atoms with Gasteiger partial charge in [0.1, 0.15) is 5.69 Å². The molecule has 0 atom stereocenters. The molecule has 0 fully saturated rings. The number of hydrogen-bond acceptors (Lipinski definition) is 3. The van der Waals surface area contributed by atoms with Gasteiger partial charge in [0.15, 0.2) is 0 Å². The number of amides is 1. The van der Waals surface area contributed by atoms with Crippen LogP contribution >= 0.6 is 0 Å². The summed E-state index contributed by atoms with van der Waals surface area (Å²) in [5, 5.41) is 4.90. The fourth-order valence-corrected chi connectivity index (χ4v) is 1.87. The standard InChI is InChI=1S/C15H13F4N3O/c1-2-20-15(23)9-5-3-8(4-6-9)7-21-12-10(16)13(18)22-14(19)11(12)17/h3-6H,2,7H2,1H3,(H,20,23)(H,21,22). The van der Waals surface area contributed by atoms with Crippen LogP contribution in [0, 0.1) is 23.5 Å². The van der Waals surface area contributed by atoms with E-state index in [2.05, 4.69) is 15.6 Å². The van der Waals surface area contributed by atoms with Crippen molar-refractivity contribution in [2.45, 2.75) is 13.5 Å². The summed E-state index contributed by atoms with van der Waals surface area (Å²) in [7, 11) is 0. The normalized spacial score (nSPS) is 10.5. The van der Waals surface area contributed by atoms with Crippen LogP contribution in [0.5, 0.6) is 0 Å². The van der Waals surface area contributed by atoms with Gasteiger partial charge in [-0.2, -0.15) is 22.5 Å². The second-order valence-electron chi connectivity index (χ2n) is 4.61. The smallest absolute Gasteiger partial charge is 0.253 e. The minimum Gasteiger partial charge on any atom is -0.376 e. The van der Waals surface area contributed by atoms with Crippen LogP contribution < -0.4 is 10.6 Å². The lowest BCUT2D eigenvalue weighted by molar-refractivity contribution is 0.0956. The van der Waals surface area contributed by atoms with Gasteiger partial charge >= 0.3 is 0 Å². The molecule has 2 N–H and O–H groups in total. The summed E-state index contributed by atoms with van der Waals surface area (Å²) in [4.78, 5) is 14.1. The van der Waals surface area contributed by atoms with Crippen molar-refractivity contribution in [3.8, 4) is 0 Å². The Labute approximate surface area is 129 Å². The number of aromatic nitrogens is 1. The van der Waals surface area contributed by atoms with Gasteiger partial charge in [-0.25, -0.2) is 0 Å². The lowest BCUT2D eigenvalue weighted by Crippen LogP contribution is -2.22. The maximum Gasteiger partial charge on any atom is 0.253 e. The Balaban J connectivity index is 2.11. The predicted octanol–water partition coefficient (Wildman–Crippen LogP) is 3.00. The molecule has 0 aliphatic heterocycles. The number of nitrogens with one attached hydrogen (secondary N) is 2. The van der Waals surface area contributed by atoms with Crippen molar-refractivity contribution < 1.29 is 22.4 Å². The molecule has 2 rings (SSSR count). The van der Waals surface area contributed by atoms with E-state index in [1.54, 1.807) is 19.1 Å². The Morgan fingerprint density at radius 3 is 2.13 bits per heavy atom. The number of anilines is 1. The maximum absolute atomic E-state index is 13.4. The van der Waals surface area contributed by atoms with Crippen LogP contribution in [-0.4, -0.2) is 17.4 Å².